The summed E-state index contributed by atoms with van der Waals surface area (Å²) in [5.41, 5.74) is 1.12. The SMILES string of the molecule is COc1cccc(Cc2nsc(N3CCN(C(=O)[C@@H](C)Cl)[C@H](C)C3)n2)c1. The first-order valence-electron chi connectivity index (χ1n) is 8.63. The van der Waals surface area contributed by atoms with Gasteiger partial charge in [0.1, 0.15) is 17.0 Å². The number of methoxy groups -OCH3 is 1. The van der Waals surface area contributed by atoms with Crippen molar-refractivity contribution in [2.24, 2.45) is 0 Å². The molecule has 3 rings (SSSR count). The number of piperazine rings is 1. The molecule has 2 aromatic rings. The highest BCUT2D eigenvalue weighted by Crippen LogP contribution is 2.23. The van der Waals surface area contributed by atoms with Crippen LogP contribution in [0, 0.1) is 0 Å². The Morgan fingerprint density at radius 1 is 1.46 bits per heavy atom. The van der Waals surface area contributed by atoms with Crippen LogP contribution in [0.3, 0.4) is 0 Å². The van der Waals surface area contributed by atoms with Crippen molar-refractivity contribution in [1.29, 1.82) is 0 Å². The van der Waals surface area contributed by atoms with E-state index in [2.05, 4.69) is 14.3 Å². The number of rotatable bonds is 5. The lowest BCUT2D eigenvalue weighted by Gasteiger charge is -2.40. The van der Waals surface area contributed by atoms with Crippen LogP contribution in [-0.4, -0.2) is 58.3 Å². The largest absolute Gasteiger partial charge is 0.497 e. The molecule has 2 atom stereocenters. The van der Waals surface area contributed by atoms with Gasteiger partial charge in [-0.15, -0.1) is 11.6 Å². The summed E-state index contributed by atoms with van der Waals surface area (Å²) in [6, 6.07) is 8.04. The van der Waals surface area contributed by atoms with E-state index in [0.717, 1.165) is 35.4 Å². The van der Waals surface area contributed by atoms with E-state index in [1.54, 1.807) is 14.0 Å². The van der Waals surface area contributed by atoms with Gasteiger partial charge in [-0.1, -0.05) is 12.1 Å². The summed E-state index contributed by atoms with van der Waals surface area (Å²) < 4.78 is 9.76. The number of alkyl halides is 1. The number of amides is 1. The van der Waals surface area contributed by atoms with Gasteiger partial charge < -0.3 is 14.5 Å². The topological polar surface area (TPSA) is 58.6 Å². The third-order valence-electron chi connectivity index (χ3n) is 4.48. The molecule has 0 N–H and O–H groups in total. The van der Waals surface area contributed by atoms with Gasteiger partial charge in [-0.05, 0) is 31.5 Å². The molecule has 1 saturated heterocycles. The van der Waals surface area contributed by atoms with Crippen LogP contribution in [0.25, 0.3) is 0 Å². The molecule has 0 bridgehead atoms. The number of hydrogen-bond acceptors (Lipinski definition) is 6. The Kier molecular flexibility index (Phi) is 5.98. The summed E-state index contributed by atoms with van der Waals surface area (Å²) in [7, 11) is 1.66. The van der Waals surface area contributed by atoms with E-state index in [-0.39, 0.29) is 11.9 Å². The number of nitrogens with zero attached hydrogens (tertiary/aromatic N) is 4. The van der Waals surface area contributed by atoms with E-state index < -0.39 is 5.38 Å². The number of hydrogen-bond donors (Lipinski definition) is 0. The van der Waals surface area contributed by atoms with Crippen LogP contribution in [-0.2, 0) is 11.2 Å². The highest BCUT2D eigenvalue weighted by Gasteiger charge is 2.30. The maximum Gasteiger partial charge on any atom is 0.240 e. The van der Waals surface area contributed by atoms with Gasteiger partial charge in [0.25, 0.3) is 0 Å². The van der Waals surface area contributed by atoms with Gasteiger partial charge >= 0.3 is 0 Å². The number of benzene rings is 1. The average Bonchev–Trinajstić information content (AvgIpc) is 3.09. The zero-order valence-electron chi connectivity index (χ0n) is 15.2. The molecule has 0 saturated carbocycles. The molecule has 8 heteroatoms. The number of halogens is 1. The third kappa shape index (κ3) is 4.27. The number of aromatic nitrogens is 2. The molecule has 6 nitrogen and oxygen atoms in total. The molecule has 140 valence electrons. The van der Waals surface area contributed by atoms with E-state index in [1.807, 2.05) is 36.1 Å². The summed E-state index contributed by atoms with van der Waals surface area (Å²) in [6.07, 6.45) is 0.672. The van der Waals surface area contributed by atoms with Crippen LogP contribution in [0.2, 0.25) is 0 Å². The predicted octanol–water partition coefficient (Wildman–Crippen LogP) is 2.80. The van der Waals surface area contributed by atoms with Gasteiger partial charge in [0.15, 0.2) is 0 Å². The van der Waals surface area contributed by atoms with Gasteiger partial charge in [0, 0.05) is 43.6 Å². The first kappa shape index (κ1) is 18.9. The highest BCUT2D eigenvalue weighted by atomic mass is 35.5. The normalized spacial score (nSPS) is 18.7. The van der Waals surface area contributed by atoms with Crippen LogP contribution in [0.5, 0.6) is 5.75 Å². The molecular weight excluding hydrogens is 372 g/mol. The Balaban J connectivity index is 1.64. The second-order valence-electron chi connectivity index (χ2n) is 6.46. The lowest BCUT2D eigenvalue weighted by Crippen LogP contribution is -2.55. The van der Waals surface area contributed by atoms with Crippen LogP contribution in [0.15, 0.2) is 24.3 Å². The highest BCUT2D eigenvalue weighted by molar-refractivity contribution is 7.09. The van der Waals surface area contributed by atoms with Gasteiger partial charge in [0.2, 0.25) is 11.0 Å². The Hall–Kier alpha value is -1.86. The average molecular weight is 395 g/mol. The molecule has 0 radical (unpaired) electrons. The molecule has 1 aromatic carbocycles. The first-order chi connectivity index (χ1) is 12.5. The zero-order valence-corrected chi connectivity index (χ0v) is 16.8. The van der Waals surface area contributed by atoms with Crippen molar-refractivity contribution in [2.75, 3.05) is 31.6 Å². The Morgan fingerprint density at radius 3 is 2.96 bits per heavy atom. The molecule has 1 aromatic heterocycles. The van der Waals surface area contributed by atoms with Gasteiger partial charge in [-0.3, -0.25) is 4.79 Å². The third-order valence-corrected chi connectivity index (χ3v) is 5.48. The molecule has 0 aliphatic carbocycles. The van der Waals surface area contributed by atoms with Crippen molar-refractivity contribution < 1.29 is 9.53 Å². The van der Waals surface area contributed by atoms with Gasteiger partial charge in [-0.25, -0.2) is 4.98 Å². The quantitative estimate of drug-likeness (QED) is 0.730. The summed E-state index contributed by atoms with van der Waals surface area (Å²) in [5, 5.41) is 0.417. The molecule has 1 amide bonds. The summed E-state index contributed by atoms with van der Waals surface area (Å²) >= 11 is 7.36. The molecule has 0 spiro atoms. The fourth-order valence-corrected chi connectivity index (χ4v) is 3.94. The van der Waals surface area contributed by atoms with E-state index in [4.69, 9.17) is 16.3 Å². The minimum atomic E-state index is -0.486. The predicted molar refractivity (Wildman–Crippen MR) is 104 cm³/mol. The molecular formula is C18H23ClN4O2S. The molecule has 2 heterocycles. The smallest absolute Gasteiger partial charge is 0.240 e. The van der Waals surface area contributed by atoms with Crippen molar-refractivity contribution in [3.63, 3.8) is 0 Å². The monoisotopic (exact) mass is 394 g/mol. The Bertz CT molecular complexity index is 767. The van der Waals surface area contributed by atoms with Gasteiger partial charge in [0.05, 0.1) is 7.11 Å². The maximum atomic E-state index is 12.2. The molecule has 1 fully saturated rings. The number of carbonyl (C=O) groups excluding carboxylic acids is 1. The number of anilines is 1. The maximum absolute atomic E-state index is 12.2. The fraction of sp³-hybridized carbons (Fsp3) is 0.500. The Morgan fingerprint density at radius 2 is 2.27 bits per heavy atom. The first-order valence-corrected chi connectivity index (χ1v) is 9.84. The van der Waals surface area contributed by atoms with Crippen molar-refractivity contribution >= 4 is 34.2 Å². The Labute approximate surface area is 162 Å². The van der Waals surface area contributed by atoms with Crippen LogP contribution in [0.4, 0.5) is 5.13 Å². The van der Waals surface area contributed by atoms with Crippen LogP contribution < -0.4 is 9.64 Å². The van der Waals surface area contributed by atoms with Crippen molar-refractivity contribution in [1.82, 2.24) is 14.3 Å². The van der Waals surface area contributed by atoms with Crippen LogP contribution in [0.1, 0.15) is 25.2 Å². The number of ether oxygens (including phenoxy) is 1. The lowest BCUT2D eigenvalue weighted by molar-refractivity contribution is -0.132. The summed E-state index contributed by atoms with van der Waals surface area (Å²) in [5.74, 6) is 1.63. The minimum absolute atomic E-state index is 0.00482. The fourth-order valence-electron chi connectivity index (χ4n) is 3.10. The summed E-state index contributed by atoms with van der Waals surface area (Å²) in [4.78, 5) is 20.9. The van der Waals surface area contributed by atoms with Crippen molar-refractivity contribution in [2.45, 2.75) is 31.7 Å². The minimum Gasteiger partial charge on any atom is -0.497 e. The molecule has 1 aliphatic rings. The van der Waals surface area contributed by atoms with Crippen LogP contribution >= 0.6 is 23.1 Å². The molecule has 0 unspecified atom stereocenters. The molecule has 26 heavy (non-hydrogen) atoms. The van der Waals surface area contributed by atoms with Gasteiger partial charge in [-0.2, -0.15) is 4.37 Å². The second kappa shape index (κ2) is 8.22. The molecule has 1 aliphatic heterocycles. The van der Waals surface area contributed by atoms with E-state index in [1.165, 1.54) is 11.5 Å². The van der Waals surface area contributed by atoms with E-state index >= 15 is 0 Å². The summed E-state index contributed by atoms with van der Waals surface area (Å²) in [6.45, 7) is 5.90. The standard InChI is InChI=1S/C18H23ClN4O2S/c1-12-11-22(7-8-23(12)17(24)13(2)19)18-20-16(21-26-18)10-14-5-4-6-15(9-14)25-3/h4-6,9,12-13H,7-8,10-11H2,1-3H3/t12-,13-/m1/s1. The lowest BCUT2D eigenvalue weighted by atomic mass is 10.1. The van der Waals surface area contributed by atoms with E-state index in [0.29, 0.717) is 13.0 Å². The van der Waals surface area contributed by atoms with E-state index in [9.17, 15) is 4.79 Å². The second-order valence-corrected chi connectivity index (χ2v) is 7.85. The number of carbonyl (C=O) groups is 1. The van der Waals surface area contributed by atoms with Crippen molar-refractivity contribution in [3.05, 3.63) is 35.7 Å². The zero-order chi connectivity index (χ0) is 18.7. The van der Waals surface area contributed by atoms with Crippen molar-refractivity contribution in [3.8, 4) is 5.75 Å².